The van der Waals surface area contributed by atoms with Crippen LogP contribution in [0.4, 0.5) is 0 Å². The topological polar surface area (TPSA) is 35.5 Å². The van der Waals surface area contributed by atoms with Crippen LogP contribution in [0.5, 0.6) is 0 Å². The summed E-state index contributed by atoms with van der Waals surface area (Å²) in [6.07, 6.45) is 0. The number of nitrogens with one attached hydrogen (secondary N) is 1. The van der Waals surface area contributed by atoms with Gasteiger partial charge in [0.25, 0.3) is 0 Å². The number of hydrogen-bond acceptors (Lipinski definition) is 3. The van der Waals surface area contributed by atoms with Crippen molar-refractivity contribution in [1.29, 1.82) is 0 Å². The normalized spacial score (nSPS) is 16.0. The molecule has 0 saturated carbocycles. The molecular formula is C15H34N2O. The minimum Gasteiger partial charge on any atom is -0.394 e. The Morgan fingerprint density at radius 3 is 1.72 bits per heavy atom. The molecule has 0 aromatic heterocycles. The second-order valence-electron chi connectivity index (χ2n) is 7.00. The first-order chi connectivity index (χ1) is 8.18. The first-order valence-corrected chi connectivity index (χ1v) is 7.29. The maximum Gasteiger partial charge on any atom is 0.0623 e. The fourth-order valence-electron chi connectivity index (χ4n) is 2.57. The SMILES string of the molecule is CC(C)CN(CC(C)C)CC(C)(CO)NC(C)C. The number of nitrogens with zero attached hydrogens (tertiary/aromatic N) is 1. The van der Waals surface area contributed by atoms with Gasteiger partial charge in [-0.05, 0) is 18.8 Å². The van der Waals surface area contributed by atoms with Crippen molar-refractivity contribution in [3.8, 4) is 0 Å². The van der Waals surface area contributed by atoms with Crippen molar-refractivity contribution in [1.82, 2.24) is 10.2 Å². The van der Waals surface area contributed by atoms with E-state index in [1.165, 1.54) is 0 Å². The molecule has 1 atom stereocenters. The average molecular weight is 258 g/mol. The molecule has 0 heterocycles. The fraction of sp³-hybridized carbons (Fsp3) is 1.00. The lowest BCUT2D eigenvalue weighted by Crippen LogP contribution is -2.57. The fourth-order valence-corrected chi connectivity index (χ4v) is 2.57. The number of hydrogen-bond donors (Lipinski definition) is 2. The molecule has 0 rings (SSSR count). The van der Waals surface area contributed by atoms with Crippen molar-refractivity contribution in [2.24, 2.45) is 11.8 Å². The van der Waals surface area contributed by atoms with Gasteiger partial charge in [-0.1, -0.05) is 41.5 Å². The van der Waals surface area contributed by atoms with E-state index in [-0.39, 0.29) is 12.1 Å². The highest BCUT2D eigenvalue weighted by molar-refractivity contribution is 4.88. The van der Waals surface area contributed by atoms with Crippen molar-refractivity contribution >= 4 is 0 Å². The van der Waals surface area contributed by atoms with E-state index in [0.717, 1.165) is 19.6 Å². The van der Waals surface area contributed by atoms with Crippen molar-refractivity contribution in [3.63, 3.8) is 0 Å². The lowest BCUT2D eigenvalue weighted by Gasteiger charge is -2.38. The number of rotatable bonds is 9. The molecule has 0 aliphatic carbocycles. The summed E-state index contributed by atoms with van der Waals surface area (Å²) in [7, 11) is 0. The predicted octanol–water partition coefficient (Wildman–Crippen LogP) is 2.35. The van der Waals surface area contributed by atoms with Gasteiger partial charge < -0.3 is 15.3 Å². The highest BCUT2D eigenvalue weighted by Gasteiger charge is 2.27. The Hall–Kier alpha value is -0.120. The monoisotopic (exact) mass is 258 g/mol. The molecule has 3 nitrogen and oxygen atoms in total. The van der Waals surface area contributed by atoms with Gasteiger partial charge in [0.2, 0.25) is 0 Å². The lowest BCUT2D eigenvalue weighted by atomic mass is 10.00. The molecule has 18 heavy (non-hydrogen) atoms. The minimum atomic E-state index is -0.210. The Labute approximate surface area is 114 Å². The summed E-state index contributed by atoms with van der Waals surface area (Å²) >= 11 is 0. The van der Waals surface area contributed by atoms with Gasteiger partial charge in [-0.25, -0.2) is 0 Å². The molecule has 110 valence electrons. The molecule has 0 aliphatic heterocycles. The lowest BCUT2D eigenvalue weighted by molar-refractivity contribution is 0.0998. The van der Waals surface area contributed by atoms with Gasteiger partial charge in [0.05, 0.1) is 12.1 Å². The maximum absolute atomic E-state index is 9.66. The van der Waals surface area contributed by atoms with Crippen LogP contribution in [0.1, 0.15) is 48.5 Å². The summed E-state index contributed by atoms with van der Waals surface area (Å²) in [5.74, 6) is 1.32. The van der Waals surface area contributed by atoms with E-state index in [2.05, 4.69) is 58.7 Å². The highest BCUT2D eigenvalue weighted by atomic mass is 16.3. The van der Waals surface area contributed by atoms with Crippen LogP contribution in [-0.2, 0) is 0 Å². The third-order valence-electron chi connectivity index (χ3n) is 2.81. The Bertz CT molecular complexity index is 207. The summed E-state index contributed by atoms with van der Waals surface area (Å²) in [5.41, 5.74) is -0.210. The van der Waals surface area contributed by atoms with E-state index in [1.807, 2.05) is 0 Å². The van der Waals surface area contributed by atoms with Crippen molar-refractivity contribution < 1.29 is 5.11 Å². The zero-order valence-electron chi connectivity index (χ0n) is 13.5. The van der Waals surface area contributed by atoms with Crippen molar-refractivity contribution in [2.45, 2.75) is 60.0 Å². The molecule has 0 aliphatic rings. The van der Waals surface area contributed by atoms with E-state index in [9.17, 15) is 5.11 Å². The summed E-state index contributed by atoms with van der Waals surface area (Å²) < 4.78 is 0. The second-order valence-corrected chi connectivity index (χ2v) is 7.00. The second kappa shape index (κ2) is 8.13. The van der Waals surface area contributed by atoms with Gasteiger partial charge in [0, 0.05) is 25.7 Å². The maximum atomic E-state index is 9.66. The van der Waals surface area contributed by atoms with E-state index < -0.39 is 0 Å². The molecule has 0 spiro atoms. The van der Waals surface area contributed by atoms with Crippen molar-refractivity contribution in [3.05, 3.63) is 0 Å². The molecule has 0 aromatic carbocycles. The first kappa shape index (κ1) is 17.9. The zero-order chi connectivity index (χ0) is 14.3. The van der Waals surface area contributed by atoms with Gasteiger partial charge in [-0.2, -0.15) is 0 Å². The Morgan fingerprint density at radius 2 is 1.44 bits per heavy atom. The largest absolute Gasteiger partial charge is 0.394 e. The van der Waals surface area contributed by atoms with Crippen LogP contribution in [0.15, 0.2) is 0 Å². The Morgan fingerprint density at radius 1 is 1.00 bits per heavy atom. The molecule has 0 radical (unpaired) electrons. The van der Waals surface area contributed by atoms with Crippen LogP contribution >= 0.6 is 0 Å². The van der Waals surface area contributed by atoms with Gasteiger partial charge in [-0.3, -0.25) is 0 Å². The number of aliphatic hydroxyl groups is 1. The average Bonchev–Trinajstić information content (AvgIpc) is 2.13. The van der Waals surface area contributed by atoms with E-state index in [0.29, 0.717) is 17.9 Å². The van der Waals surface area contributed by atoms with Crippen LogP contribution < -0.4 is 5.32 Å². The predicted molar refractivity (Wildman–Crippen MR) is 79.9 cm³/mol. The van der Waals surface area contributed by atoms with E-state index in [4.69, 9.17) is 0 Å². The third-order valence-corrected chi connectivity index (χ3v) is 2.81. The van der Waals surface area contributed by atoms with Crippen molar-refractivity contribution in [2.75, 3.05) is 26.2 Å². The smallest absolute Gasteiger partial charge is 0.0623 e. The van der Waals surface area contributed by atoms with E-state index >= 15 is 0 Å². The molecule has 2 N–H and O–H groups in total. The summed E-state index contributed by atoms with van der Waals surface area (Å²) in [5, 5.41) is 13.2. The van der Waals surface area contributed by atoms with Gasteiger partial charge >= 0.3 is 0 Å². The summed E-state index contributed by atoms with van der Waals surface area (Å²) in [6.45, 7) is 18.6. The molecule has 0 amide bonds. The van der Waals surface area contributed by atoms with Crippen LogP contribution in [0.2, 0.25) is 0 Å². The van der Waals surface area contributed by atoms with Crippen LogP contribution in [0.3, 0.4) is 0 Å². The summed E-state index contributed by atoms with van der Waals surface area (Å²) in [4.78, 5) is 2.47. The molecule has 0 aromatic rings. The molecule has 0 fully saturated rings. The van der Waals surface area contributed by atoms with Crippen LogP contribution in [-0.4, -0.2) is 47.8 Å². The molecular weight excluding hydrogens is 224 g/mol. The quantitative estimate of drug-likeness (QED) is 0.666. The standard InChI is InChI=1S/C15H34N2O/c1-12(2)8-17(9-13(3)4)10-15(7,11-18)16-14(5)6/h12-14,16,18H,8-11H2,1-7H3. The van der Waals surface area contributed by atoms with Crippen LogP contribution in [0.25, 0.3) is 0 Å². The zero-order valence-corrected chi connectivity index (χ0v) is 13.5. The van der Waals surface area contributed by atoms with Crippen LogP contribution in [0, 0.1) is 11.8 Å². The highest BCUT2D eigenvalue weighted by Crippen LogP contribution is 2.12. The van der Waals surface area contributed by atoms with E-state index in [1.54, 1.807) is 0 Å². The number of aliphatic hydroxyl groups excluding tert-OH is 1. The minimum absolute atomic E-state index is 0.178. The molecule has 0 bridgehead atoms. The third kappa shape index (κ3) is 8.06. The molecule has 0 saturated heterocycles. The Balaban J connectivity index is 4.59. The van der Waals surface area contributed by atoms with Gasteiger partial charge in [-0.15, -0.1) is 0 Å². The summed E-state index contributed by atoms with van der Waals surface area (Å²) in [6, 6.07) is 0.391. The molecule has 3 heteroatoms. The first-order valence-electron chi connectivity index (χ1n) is 7.29. The Kier molecular flexibility index (Phi) is 8.08. The molecule has 1 unspecified atom stereocenters. The van der Waals surface area contributed by atoms with Gasteiger partial charge in [0.15, 0.2) is 0 Å². The van der Waals surface area contributed by atoms with Gasteiger partial charge in [0.1, 0.15) is 0 Å².